The molecule has 0 N–H and O–H groups in total. The molecule has 0 bridgehead atoms. The first-order valence-corrected chi connectivity index (χ1v) is 52.7. The summed E-state index contributed by atoms with van der Waals surface area (Å²) in [4.78, 5) is 0. The quantitative estimate of drug-likeness (QED) is 0.0237. The van der Waals surface area contributed by atoms with Crippen LogP contribution in [-0.4, -0.2) is 324 Å². The van der Waals surface area contributed by atoms with Crippen molar-refractivity contribution in [2.75, 3.05) is 26.4 Å². The van der Waals surface area contributed by atoms with Crippen molar-refractivity contribution < 1.29 is 645 Å². The van der Waals surface area contributed by atoms with Crippen LogP contribution in [-0.2, 0) is 227 Å². The van der Waals surface area contributed by atoms with Crippen LogP contribution in [0.2, 0.25) is 0 Å². The third-order valence-electron chi connectivity index (χ3n) is 22.0. The molecule has 8 fully saturated rings. The summed E-state index contributed by atoms with van der Waals surface area (Å²) < 4.78 is 585. The summed E-state index contributed by atoms with van der Waals surface area (Å²) in [6.45, 7) is 1.40. The van der Waals surface area contributed by atoms with Crippen molar-refractivity contribution in [3.63, 3.8) is 0 Å². The number of ether oxygens (including phenoxy) is 8. The molecule has 0 spiro atoms. The van der Waals surface area contributed by atoms with Gasteiger partial charge in [-0.3, -0.25) is 54.4 Å². The van der Waals surface area contributed by atoms with Crippen LogP contribution in [0.15, 0.2) is 0 Å². The van der Waals surface area contributed by atoms with E-state index in [4.69, 9.17) is 37.9 Å². The van der Waals surface area contributed by atoms with Crippen LogP contribution in [0.1, 0.15) is 112 Å². The van der Waals surface area contributed by atoms with Crippen molar-refractivity contribution in [3.8, 4) is 0 Å². The van der Waals surface area contributed by atoms with Crippen molar-refractivity contribution in [2.45, 2.75) is 241 Å². The fourth-order valence-electron chi connectivity index (χ4n) is 17.8. The van der Waals surface area contributed by atoms with Crippen LogP contribution < -0.4 is 384 Å². The van der Waals surface area contributed by atoms with E-state index >= 15 is 0 Å². The molecule has 4 aliphatic heterocycles. The fourth-order valence-corrected chi connectivity index (χ4v) is 23.4. The Hall–Kier alpha value is 11.0. The van der Waals surface area contributed by atoms with Crippen LogP contribution in [0.3, 0.4) is 0 Å². The van der Waals surface area contributed by atoms with Gasteiger partial charge < -0.3 is 97.1 Å². The van der Waals surface area contributed by atoms with E-state index < -0.39 is 296 Å². The van der Waals surface area contributed by atoms with E-state index in [2.05, 4.69) is 82.1 Å². The topological polar surface area (TPSA) is 937 Å². The summed E-state index contributed by atoms with van der Waals surface area (Å²) >= 11 is 0. The molecule has 0 radical (unpaired) electrons. The van der Waals surface area contributed by atoms with Crippen LogP contribution in [0.25, 0.3) is 0 Å². The Morgan fingerprint density at radius 2 is 0.526 bits per heavy atom. The number of hydrogen-bond acceptors (Lipinski definition) is 60. The molecule has 86 heteroatoms. The molecular formula is C51H75Na13O60S13. The first-order valence-electron chi connectivity index (χ1n) is 35.4. The summed E-state index contributed by atoms with van der Waals surface area (Å²) in [6, 6.07) is 0. The Morgan fingerprint density at radius 3 is 0.803 bits per heavy atom. The average Bonchev–Trinajstić information content (AvgIpc) is 1.64. The first-order chi connectivity index (χ1) is 55.9. The third-order valence-corrected chi connectivity index (χ3v) is 27.8. The Labute approximate surface area is 1080 Å². The van der Waals surface area contributed by atoms with Crippen molar-refractivity contribution in [1.29, 1.82) is 0 Å². The van der Waals surface area contributed by atoms with E-state index in [1.807, 2.05) is 6.92 Å². The summed E-state index contributed by atoms with van der Waals surface area (Å²) in [5.74, 6) is 1.67. The van der Waals surface area contributed by atoms with Crippen LogP contribution in [0, 0.1) is 52.3 Å². The van der Waals surface area contributed by atoms with Gasteiger partial charge in [-0.05, 0) is 110 Å². The van der Waals surface area contributed by atoms with Crippen molar-refractivity contribution in [2.24, 2.45) is 52.3 Å². The molecule has 29 atom stereocenters. The zero-order valence-corrected chi connectivity index (χ0v) is 113. The summed E-state index contributed by atoms with van der Waals surface area (Å²) in [6.07, 6.45) is -67.5. The minimum atomic E-state index is -7.13. The molecule has 0 amide bonds. The van der Waals surface area contributed by atoms with Gasteiger partial charge in [0, 0.05) is 0 Å². The van der Waals surface area contributed by atoms with Crippen molar-refractivity contribution in [3.05, 3.63) is 0 Å². The van der Waals surface area contributed by atoms with Gasteiger partial charge in [0.15, 0.2) is 49.6 Å². The van der Waals surface area contributed by atoms with Crippen molar-refractivity contribution in [1.82, 2.24) is 0 Å². The third kappa shape index (κ3) is 51.9. The molecule has 0 aromatic rings. The SMILES string of the molecule is CC(C)CCC[C@@H](C)[C@H]1CC[C@H]2[C@@H]3CC[C@H]4C[C@@H](O[C@@H]5O[C@H](COS(=O)(=O)[O-])[C@@H](O[C@H]6O[C@H](COS(=O)(=O)[O-])[C@@H](O[C@H]7O[C@H](COS(=O)(=O)[O-])[C@@H](O[C@H]8O[C@H](COS(=O)(=O)[O-])[C@@H](OS(=O)(=O)[O-])[C@H](OS(=O)(=O)[O-])[C@H]8OS(=O)(=O)[O-])[C@H](OS(=O)(=O)[O-])[C@H]7OS(=O)(=O)[O-])[C@H](OS(=O)(=O)[O-])[C@H]6OS(=O)(=O)[O-])[C@H](OS(=O)(=O)[O-])[C@H]5OS(=O)(=O)[O-])CC[C@]4(C)[C@H]3CC[C@]12C.[Na+].[Na+].[Na+].[Na+].[Na+].[Na+].[Na+].[Na+].[Na+].[Na+].[Na+].[Na+].[Na+]. The molecule has 730 valence electrons. The zero-order chi connectivity index (χ0) is 93.8. The molecule has 0 aromatic carbocycles. The van der Waals surface area contributed by atoms with Gasteiger partial charge >= 0.3 is 384 Å². The van der Waals surface area contributed by atoms with Gasteiger partial charge in [-0.15, -0.1) is 0 Å². The zero-order valence-electron chi connectivity index (χ0n) is 76.3. The molecule has 8 aliphatic rings. The maximum absolute atomic E-state index is 13.0. The van der Waals surface area contributed by atoms with E-state index in [0.717, 1.165) is 44.9 Å². The van der Waals surface area contributed by atoms with Gasteiger partial charge in [0.1, 0.15) is 73.2 Å². The van der Waals surface area contributed by atoms with Crippen LogP contribution in [0.5, 0.6) is 0 Å². The standard InChI is InChI=1S/C51H88O60S13.13Na/c1-22(2)7-6-8-23(3)27-11-12-28-26-10-9-24-17-25(13-15-50(24,4)29(26)14-16-51(27,28)5)95-46-42(108-121(79,80)81)38(104-117(67,68)69)34(30(96-46)18-91-112(52,53)54)100-47-43(109-122(82,83)84)39(105-118(70,71)72)35(31(97-47)19-92-113(55,56)57)101-48-44(110-123(85,86)87)40(106-119(73,74)75)36(32(98-48)20-93-114(58,59)60)102-49-45(111-124(88,89)90)41(107-120(76,77)78)37(103-116(64,65)66)33(99-49)21-94-115(61,62)63;;;;;;;;;;;;;/h22-49H,6-21H2,1-5H3,(H,52,53,54)(H,55,56,57)(H,58,59,60)(H,61,62,63)(H,64,65,66)(H,67,68,69)(H,70,71,72)(H,73,74,75)(H,76,77,78)(H,79,80,81)(H,82,83,84)(H,85,86,87)(H,88,89,90);;;;;;;;;;;;;/q;13*+1/p-13/t23-,24+,25+,26+,27-,28+,29+,30-,31-,32-,33-,34-,35-,36-,37-,38+,39+,40+,41+,42-,43-,44-,45-,46-,47-,48-,49-,50+,51-;;;;;;;;;;;;;/m1............./s1. The Balaban J connectivity index is -0.00000330. The van der Waals surface area contributed by atoms with Crippen molar-refractivity contribution >= 4 is 135 Å². The molecule has 137 heavy (non-hydrogen) atoms. The second kappa shape index (κ2) is 63.6. The Kier molecular flexibility index (Phi) is 73.6. The molecule has 4 aliphatic carbocycles. The van der Waals surface area contributed by atoms with Gasteiger partial charge in [0.2, 0.25) is 135 Å². The monoisotopic (exact) mass is 2360 g/mol. The van der Waals surface area contributed by atoms with E-state index in [9.17, 15) is 169 Å². The molecule has 4 saturated carbocycles. The minimum Gasteiger partial charge on any atom is -0.726 e. The average molecular weight is 2360 g/mol. The molecular weight excluding hydrogens is 2290 g/mol. The van der Waals surface area contributed by atoms with Gasteiger partial charge in [-0.25, -0.2) is 109 Å². The molecule has 4 saturated heterocycles. The second-order valence-corrected chi connectivity index (χ2v) is 43.5. The normalized spacial score (nSPS) is 33.6. The molecule has 8 rings (SSSR count). The maximum atomic E-state index is 13.0. The smallest absolute Gasteiger partial charge is 0.726 e. The Bertz CT molecular complexity index is 5380. The Morgan fingerprint density at radius 1 is 0.277 bits per heavy atom. The van der Waals surface area contributed by atoms with E-state index in [-0.39, 0.29) is 427 Å². The summed E-state index contributed by atoms with van der Waals surface area (Å²) in [5, 5.41) is 0. The van der Waals surface area contributed by atoms with Gasteiger partial charge in [-0.2, -0.15) is 0 Å². The summed E-state index contributed by atoms with van der Waals surface area (Å²) in [7, 11) is -87.9. The molecule has 60 nitrogen and oxygen atoms in total. The molecule has 4 heterocycles. The number of rotatable bonds is 43. The van der Waals surface area contributed by atoms with E-state index in [1.165, 1.54) is 0 Å². The predicted molar refractivity (Wildman–Crippen MR) is 361 cm³/mol. The van der Waals surface area contributed by atoms with Crippen LogP contribution in [0.4, 0.5) is 0 Å². The largest absolute Gasteiger partial charge is 1.00 e. The second-order valence-electron chi connectivity index (χ2n) is 30.2. The van der Waals surface area contributed by atoms with Gasteiger partial charge in [0.25, 0.3) is 0 Å². The number of hydrogen-bond donors (Lipinski definition) is 0. The van der Waals surface area contributed by atoms with Crippen LogP contribution >= 0.6 is 0 Å². The van der Waals surface area contributed by atoms with Gasteiger partial charge in [-0.1, -0.05) is 53.9 Å². The predicted octanol–water partition coefficient (Wildman–Crippen LogP) is -46.9. The minimum absolute atomic E-state index is 0. The fraction of sp³-hybridized carbons (Fsp3) is 1.00. The number of fused-ring (bicyclic) bond motifs is 5. The van der Waals surface area contributed by atoms with Gasteiger partial charge in [0.05, 0.1) is 32.5 Å². The first kappa shape index (κ1) is 159. The molecule has 0 aromatic heterocycles. The maximum Gasteiger partial charge on any atom is 1.00 e. The molecule has 0 unspecified atom stereocenters. The van der Waals surface area contributed by atoms with E-state index in [0.29, 0.717) is 36.5 Å². The van der Waals surface area contributed by atoms with E-state index in [1.54, 1.807) is 0 Å². The summed E-state index contributed by atoms with van der Waals surface area (Å²) in [5.41, 5.74) is -0.500.